The second-order valence-corrected chi connectivity index (χ2v) is 8.20. The van der Waals surface area contributed by atoms with Crippen molar-refractivity contribution in [1.29, 1.82) is 0 Å². The molecule has 7 heteroatoms. The molecule has 0 aromatic heterocycles. The van der Waals surface area contributed by atoms with Crippen LogP contribution in [-0.2, 0) is 11.2 Å². The Bertz CT molecular complexity index is 851. The summed E-state index contributed by atoms with van der Waals surface area (Å²) < 4.78 is 11.6. The number of nitrogen functional groups attached to an aromatic ring is 1. The predicted octanol–water partition coefficient (Wildman–Crippen LogP) is 1.31. The van der Waals surface area contributed by atoms with Gasteiger partial charge in [-0.3, -0.25) is 0 Å². The van der Waals surface area contributed by atoms with E-state index in [1.54, 1.807) is 12.1 Å². The molecular formula is C23H29NO6. The zero-order valence-electron chi connectivity index (χ0n) is 16.7. The molecule has 0 spiro atoms. The number of hydrogen-bond acceptors (Lipinski definition) is 7. The molecule has 1 saturated heterocycles. The lowest BCUT2D eigenvalue weighted by atomic mass is 9.89. The largest absolute Gasteiger partial charge is 0.490 e. The molecule has 2 aromatic rings. The Kier molecular flexibility index (Phi) is 6.26. The SMILES string of the molecule is Nc1ccc([C@@H]2O[C@H](CO)[C@@H](O)[C@H](O)[C@H]2O)cc1Cc1ccc(OC2CCC2)cc1. The summed E-state index contributed by atoms with van der Waals surface area (Å²) in [5.74, 6) is 0.867. The van der Waals surface area contributed by atoms with Gasteiger partial charge in [-0.25, -0.2) is 0 Å². The first-order valence-electron chi connectivity index (χ1n) is 10.4. The molecule has 0 unspecified atom stereocenters. The topological polar surface area (TPSA) is 125 Å². The Hall–Kier alpha value is -2.16. The highest BCUT2D eigenvalue weighted by Crippen LogP contribution is 2.34. The van der Waals surface area contributed by atoms with Crippen molar-refractivity contribution in [3.63, 3.8) is 0 Å². The number of anilines is 1. The van der Waals surface area contributed by atoms with Gasteiger partial charge in [0.15, 0.2) is 0 Å². The fraction of sp³-hybridized carbons (Fsp3) is 0.478. The molecule has 0 radical (unpaired) electrons. The summed E-state index contributed by atoms with van der Waals surface area (Å²) in [6.07, 6.45) is -1.56. The van der Waals surface area contributed by atoms with E-state index < -0.39 is 37.1 Å². The number of aliphatic hydroxyl groups excluding tert-OH is 4. The van der Waals surface area contributed by atoms with Crippen molar-refractivity contribution in [2.75, 3.05) is 12.3 Å². The van der Waals surface area contributed by atoms with Crippen LogP contribution in [0.5, 0.6) is 5.75 Å². The third-order valence-electron chi connectivity index (χ3n) is 6.06. The highest BCUT2D eigenvalue weighted by molar-refractivity contribution is 5.51. The predicted molar refractivity (Wildman–Crippen MR) is 111 cm³/mol. The summed E-state index contributed by atoms with van der Waals surface area (Å²) in [6.45, 7) is -0.460. The number of hydrogen-bond donors (Lipinski definition) is 5. The summed E-state index contributed by atoms with van der Waals surface area (Å²) in [7, 11) is 0. The van der Waals surface area contributed by atoms with Crippen LogP contribution >= 0.6 is 0 Å². The van der Waals surface area contributed by atoms with Gasteiger partial charge in [-0.1, -0.05) is 24.3 Å². The zero-order chi connectivity index (χ0) is 21.3. The van der Waals surface area contributed by atoms with Crippen LogP contribution in [0.25, 0.3) is 0 Å². The van der Waals surface area contributed by atoms with Gasteiger partial charge in [-0.05, 0) is 60.6 Å². The molecule has 1 heterocycles. The van der Waals surface area contributed by atoms with Crippen molar-refractivity contribution >= 4 is 5.69 Å². The van der Waals surface area contributed by atoms with Crippen molar-refractivity contribution < 1.29 is 29.9 Å². The minimum Gasteiger partial charge on any atom is -0.490 e. The maximum absolute atomic E-state index is 10.4. The highest BCUT2D eigenvalue weighted by atomic mass is 16.5. The van der Waals surface area contributed by atoms with E-state index in [1.165, 1.54) is 6.42 Å². The average molecular weight is 415 g/mol. The molecule has 0 bridgehead atoms. The van der Waals surface area contributed by atoms with E-state index in [1.807, 2.05) is 30.3 Å². The smallest absolute Gasteiger partial charge is 0.119 e. The Morgan fingerprint density at radius 1 is 0.967 bits per heavy atom. The minimum absolute atomic E-state index is 0.335. The lowest BCUT2D eigenvalue weighted by Gasteiger charge is -2.40. The normalized spacial score (nSPS) is 29.4. The Morgan fingerprint density at radius 2 is 1.70 bits per heavy atom. The van der Waals surface area contributed by atoms with Crippen LogP contribution in [0.2, 0.25) is 0 Å². The standard InChI is InChI=1S/C23H29NO6/c24-18-9-6-14(23-22(28)21(27)20(26)19(12-25)30-23)11-15(18)10-13-4-7-17(8-5-13)29-16-2-1-3-16/h4-9,11,16,19-23,25-28H,1-3,10,12,24H2/t19-,20-,21+,22-,23+/m1/s1. The molecule has 6 N–H and O–H groups in total. The summed E-state index contributed by atoms with van der Waals surface area (Å²) >= 11 is 0. The molecule has 30 heavy (non-hydrogen) atoms. The van der Waals surface area contributed by atoms with E-state index in [0.29, 0.717) is 23.8 Å². The van der Waals surface area contributed by atoms with Crippen LogP contribution in [0.4, 0.5) is 5.69 Å². The zero-order valence-corrected chi connectivity index (χ0v) is 16.7. The van der Waals surface area contributed by atoms with Gasteiger partial charge in [0.2, 0.25) is 0 Å². The molecule has 1 saturated carbocycles. The second-order valence-electron chi connectivity index (χ2n) is 8.20. The molecule has 2 fully saturated rings. The second kappa shape index (κ2) is 8.91. The van der Waals surface area contributed by atoms with Crippen molar-refractivity contribution in [3.8, 4) is 5.75 Å². The summed E-state index contributed by atoms with van der Waals surface area (Å²) in [6, 6.07) is 13.2. The van der Waals surface area contributed by atoms with E-state index in [0.717, 1.165) is 29.7 Å². The Labute approximate surface area is 175 Å². The van der Waals surface area contributed by atoms with Crippen molar-refractivity contribution in [2.45, 2.75) is 62.3 Å². The van der Waals surface area contributed by atoms with Crippen LogP contribution in [0.1, 0.15) is 42.1 Å². The maximum atomic E-state index is 10.4. The maximum Gasteiger partial charge on any atom is 0.119 e. The van der Waals surface area contributed by atoms with Gasteiger partial charge >= 0.3 is 0 Å². The van der Waals surface area contributed by atoms with Crippen LogP contribution in [0.3, 0.4) is 0 Å². The molecule has 0 amide bonds. The number of nitrogens with two attached hydrogens (primary N) is 1. The van der Waals surface area contributed by atoms with Gasteiger partial charge in [0.05, 0.1) is 12.7 Å². The van der Waals surface area contributed by atoms with Crippen molar-refractivity contribution in [1.82, 2.24) is 0 Å². The third kappa shape index (κ3) is 4.31. The number of benzene rings is 2. The quantitative estimate of drug-likeness (QED) is 0.450. The van der Waals surface area contributed by atoms with Gasteiger partial charge in [0.1, 0.15) is 36.3 Å². The summed E-state index contributed by atoms with van der Waals surface area (Å²) in [4.78, 5) is 0. The number of aliphatic hydroxyl groups is 4. The molecule has 1 aliphatic heterocycles. The van der Waals surface area contributed by atoms with Gasteiger partial charge < -0.3 is 35.6 Å². The first kappa shape index (κ1) is 21.1. The molecule has 1 aliphatic carbocycles. The van der Waals surface area contributed by atoms with Crippen LogP contribution in [0.15, 0.2) is 42.5 Å². The van der Waals surface area contributed by atoms with Gasteiger partial charge in [-0.15, -0.1) is 0 Å². The molecule has 2 aliphatic rings. The molecular weight excluding hydrogens is 386 g/mol. The molecule has 5 atom stereocenters. The van der Waals surface area contributed by atoms with Crippen LogP contribution in [0, 0.1) is 0 Å². The molecule has 2 aromatic carbocycles. The molecule has 162 valence electrons. The first-order chi connectivity index (χ1) is 14.5. The van der Waals surface area contributed by atoms with E-state index in [4.69, 9.17) is 15.2 Å². The summed E-state index contributed by atoms with van der Waals surface area (Å²) in [5.41, 5.74) is 9.33. The van der Waals surface area contributed by atoms with Gasteiger partial charge in [0, 0.05) is 5.69 Å². The van der Waals surface area contributed by atoms with Crippen LogP contribution in [-0.4, -0.2) is 57.6 Å². The van der Waals surface area contributed by atoms with E-state index >= 15 is 0 Å². The average Bonchev–Trinajstić information content (AvgIpc) is 2.72. The van der Waals surface area contributed by atoms with Crippen molar-refractivity contribution in [2.24, 2.45) is 0 Å². The molecule has 7 nitrogen and oxygen atoms in total. The highest BCUT2D eigenvalue weighted by Gasteiger charge is 2.44. The minimum atomic E-state index is -1.41. The molecule has 4 rings (SSSR count). The van der Waals surface area contributed by atoms with E-state index in [-0.39, 0.29) is 0 Å². The lowest BCUT2D eigenvalue weighted by Crippen LogP contribution is -2.55. The fourth-order valence-corrected chi connectivity index (χ4v) is 3.92. The monoisotopic (exact) mass is 415 g/mol. The lowest BCUT2D eigenvalue weighted by molar-refractivity contribution is -0.231. The fourth-order valence-electron chi connectivity index (χ4n) is 3.92. The summed E-state index contributed by atoms with van der Waals surface area (Å²) in [5, 5.41) is 39.9. The van der Waals surface area contributed by atoms with Crippen molar-refractivity contribution in [3.05, 3.63) is 59.2 Å². The van der Waals surface area contributed by atoms with E-state index in [2.05, 4.69) is 0 Å². The Morgan fingerprint density at radius 3 is 2.33 bits per heavy atom. The van der Waals surface area contributed by atoms with E-state index in [9.17, 15) is 20.4 Å². The first-order valence-corrected chi connectivity index (χ1v) is 10.4. The number of ether oxygens (including phenoxy) is 2. The van der Waals surface area contributed by atoms with Crippen LogP contribution < -0.4 is 10.5 Å². The third-order valence-corrected chi connectivity index (χ3v) is 6.06. The van der Waals surface area contributed by atoms with Gasteiger partial charge in [-0.2, -0.15) is 0 Å². The number of rotatable bonds is 6. The Balaban J connectivity index is 1.50. The van der Waals surface area contributed by atoms with Gasteiger partial charge in [0.25, 0.3) is 0 Å².